The molecular weight excluding hydrogens is 492 g/mol. The van der Waals surface area contributed by atoms with Crippen LogP contribution in [-0.2, 0) is 0 Å². The lowest BCUT2D eigenvalue weighted by molar-refractivity contribution is 0.0927. The van der Waals surface area contributed by atoms with Crippen molar-refractivity contribution in [2.24, 2.45) is 11.7 Å². The van der Waals surface area contributed by atoms with Gasteiger partial charge in [0.1, 0.15) is 19.2 Å². The second-order valence-electron chi connectivity index (χ2n) is 10.2. The number of aromatic nitrogens is 1. The number of carbonyl (C=O) groups is 3. The van der Waals surface area contributed by atoms with Gasteiger partial charge in [0.25, 0.3) is 11.8 Å². The Morgan fingerprint density at radius 3 is 2.45 bits per heavy atom. The number of ketones is 1. The summed E-state index contributed by atoms with van der Waals surface area (Å²) in [6.45, 7) is 5.90. The molecule has 2 amide bonds. The van der Waals surface area contributed by atoms with Crippen LogP contribution in [0, 0.1) is 12.8 Å². The molecule has 1 saturated heterocycles. The Morgan fingerprint density at radius 2 is 1.89 bits per heavy atom. The Labute approximate surface area is 220 Å². The fourth-order valence-corrected chi connectivity index (χ4v) is 4.93. The minimum absolute atomic E-state index is 0.0236. The monoisotopic (exact) mass is 525 g/mol. The maximum atomic E-state index is 13.2. The first kappa shape index (κ1) is 27.2. The Hall–Kier alpha value is -3.82. The summed E-state index contributed by atoms with van der Waals surface area (Å²) in [4.78, 5) is 43.9. The third-order valence-electron chi connectivity index (χ3n) is 7.06. The highest BCUT2D eigenvalue weighted by Crippen LogP contribution is 2.34. The van der Waals surface area contributed by atoms with Gasteiger partial charge < -0.3 is 21.3 Å². The number of nitrogens with zero attached hydrogens (tertiary/aromatic N) is 2. The molecule has 2 unspecified atom stereocenters. The largest absolute Gasteiger partial charge is 0.376 e. The Morgan fingerprint density at radius 1 is 1.18 bits per heavy atom. The summed E-state index contributed by atoms with van der Waals surface area (Å²) in [7, 11) is 0. The number of pyridine rings is 1. The highest BCUT2D eigenvalue weighted by molar-refractivity contribution is 6.03. The number of rotatable bonds is 10. The van der Waals surface area contributed by atoms with Gasteiger partial charge in [0.15, 0.2) is 5.78 Å². The number of alkyl halides is 2. The van der Waals surface area contributed by atoms with Crippen molar-refractivity contribution < 1.29 is 23.2 Å². The summed E-state index contributed by atoms with van der Waals surface area (Å²) in [5.74, 6) is -0.177. The zero-order chi connectivity index (χ0) is 27.6. The van der Waals surface area contributed by atoms with Crippen LogP contribution in [0.25, 0.3) is 0 Å². The van der Waals surface area contributed by atoms with E-state index in [0.29, 0.717) is 29.8 Å². The lowest BCUT2D eigenvalue weighted by atomic mass is 9.94. The molecule has 4 N–H and O–H groups in total. The van der Waals surface area contributed by atoms with Crippen LogP contribution in [0.3, 0.4) is 0 Å². The number of halogens is 2. The van der Waals surface area contributed by atoms with E-state index in [0.717, 1.165) is 18.5 Å². The van der Waals surface area contributed by atoms with E-state index < -0.39 is 25.3 Å². The van der Waals surface area contributed by atoms with E-state index in [1.807, 2.05) is 17.9 Å². The van der Waals surface area contributed by atoms with Crippen molar-refractivity contribution in [2.75, 3.05) is 23.6 Å². The van der Waals surface area contributed by atoms with Gasteiger partial charge in [-0.05, 0) is 62.9 Å². The number of anilines is 2. The molecule has 10 heteroatoms. The van der Waals surface area contributed by atoms with Gasteiger partial charge in [-0.25, -0.2) is 13.8 Å². The van der Waals surface area contributed by atoms with Gasteiger partial charge in [-0.3, -0.25) is 14.4 Å². The van der Waals surface area contributed by atoms with E-state index in [4.69, 9.17) is 5.73 Å². The summed E-state index contributed by atoms with van der Waals surface area (Å²) < 4.78 is 26.2. The van der Waals surface area contributed by atoms with E-state index >= 15 is 0 Å². The number of piperidine rings is 1. The number of amides is 2. The van der Waals surface area contributed by atoms with Crippen molar-refractivity contribution in [3.63, 3.8) is 0 Å². The fourth-order valence-electron chi connectivity index (χ4n) is 4.93. The minimum atomic E-state index is -1.16. The van der Waals surface area contributed by atoms with Crippen LogP contribution in [0.15, 0.2) is 42.7 Å². The third kappa shape index (κ3) is 5.84. The number of hydrogen-bond acceptors (Lipinski definition) is 6. The van der Waals surface area contributed by atoms with Gasteiger partial charge in [-0.15, -0.1) is 0 Å². The highest BCUT2D eigenvalue weighted by atomic mass is 19.1. The summed E-state index contributed by atoms with van der Waals surface area (Å²) in [6, 6.07) is 5.09. The maximum Gasteiger partial charge on any atom is 0.251 e. The molecule has 4 rings (SSSR count). The standard InChI is InChI=1S/C28H33F2N5O3/c1-15-8-23(27(31)37)24(33-21(12-29)13-30)11-22(15)28(38)34-20-9-16(2)35(17(3)10-20)25-7-6-19(14-32-25)26(36)18-4-5-18/h6-8,11,14,17-18,20-21,33H,2,4-5,9-10,12-13H2,1,3H3,(H2,31,37)(H,34,38). The van der Waals surface area contributed by atoms with Crippen LogP contribution in [0.5, 0.6) is 0 Å². The predicted molar refractivity (Wildman–Crippen MR) is 142 cm³/mol. The molecule has 1 aliphatic carbocycles. The van der Waals surface area contributed by atoms with Crippen LogP contribution in [0.4, 0.5) is 20.3 Å². The molecule has 202 valence electrons. The summed E-state index contributed by atoms with van der Waals surface area (Å²) >= 11 is 0. The molecule has 1 saturated carbocycles. The van der Waals surface area contributed by atoms with Crippen LogP contribution < -0.4 is 21.3 Å². The first-order valence-electron chi connectivity index (χ1n) is 12.7. The molecule has 2 aromatic rings. The quantitative estimate of drug-likeness (QED) is 0.402. The molecule has 38 heavy (non-hydrogen) atoms. The van der Waals surface area contributed by atoms with Gasteiger partial charge in [0.2, 0.25) is 0 Å². The zero-order valence-corrected chi connectivity index (χ0v) is 21.6. The number of hydrogen-bond donors (Lipinski definition) is 3. The maximum absolute atomic E-state index is 13.2. The van der Waals surface area contributed by atoms with Crippen molar-refractivity contribution in [2.45, 2.75) is 57.7 Å². The topological polar surface area (TPSA) is 117 Å². The van der Waals surface area contributed by atoms with Gasteiger partial charge in [0, 0.05) is 53.1 Å². The normalized spacial score (nSPS) is 19.4. The number of nitrogens with one attached hydrogen (secondary N) is 2. The van der Waals surface area contributed by atoms with Crippen LogP contribution in [0.1, 0.15) is 69.2 Å². The van der Waals surface area contributed by atoms with Crippen LogP contribution in [0.2, 0.25) is 0 Å². The van der Waals surface area contributed by atoms with E-state index in [9.17, 15) is 23.2 Å². The van der Waals surface area contributed by atoms with Crippen molar-refractivity contribution in [3.05, 3.63) is 65.0 Å². The SMILES string of the molecule is C=C1CC(NC(=O)c2cc(NC(CF)CF)c(C(N)=O)cc2C)CC(C)N1c1ccc(C(=O)C2CC2)cn1. The van der Waals surface area contributed by atoms with Crippen LogP contribution >= 0.6 is 0 Å². The van der Waals surface area contributed by atoms with Crippen molar-refractivity contribution in [3.8, 4) is 0 Å². The molecule has 2 aliphatic rings. The second-order valence-corrected chi connectivity index (χ2v) is 10.2. The van der Waals surface area contributed by atoms with Crippen LogP contribution in [-0.4, -0.2) is 54.1 Å². The fraction of sp³-hybridized carbons (Fsp3) is 0.429. The summed E-state index contributed by atoms with van der Waals surface area (Å²) in [6.07, 6.45) is 4.59. The molecular formula is C28H33F2N5O3. The predicted octanol–water partition coefficient (Wildman–Crippen LogP) is 4.10. The van der Waals surface area contributed by atoms with E-state index in [1.54, 1.807) is 19.2 Å². The van der Waals surface area contributed by atoms with E-state index in [2.05, 4.69) is 22.2 Å². The van der Waals surface area contributed by atoms with Gasteiger partial charge in [-0.2, -0.15) is 0 Å². The molecule has 2 heterocycles. The Kier molecular flexibility index (Phi) is 8.08. The molecule has 1 aromatic heterocycles. The molecule has 1 aliphatic heterocycles. The molecule has 1 aromatic carbocycles. The summed E-state index contributed by atoms with van der Waals surface area (Å²) in [5.41, 5.74) is 7.78. The number of Topliss-reactive ketones (excluding diaryl/α,β-unsaturated/α-hetero) is 1. The first-order valence-corrected chi connectivity index (χ1v) is 12.7. The average molecular weight is 526 g/mol. The first-order chi connectivity index (χ1) is 18.1. The molecule has 0 bridgehead atoms. The van der Waals surface area contributed by atoms with Gasteiger partial charge in [-0.1, -0.05) is 6.58 Å². The molecule has 0 radical (unpaired) electrons. The molecule has 2 fully saturated rings. The van der Waals surface area contributed by atoms with Crippen molar-refractivity contribution in [1.82, 2.24) is 10.3 Å². The lowest BCUT2D eigenvalue weighted by Gasteiger charge is -2.40. The number of primary amides is 1. The zero-order valence-electron chi connectivity index (χ0n) is 21.6. The Balaban J connectivity index is 1.46. The van der Waals surface area contributed by atoms with E-state index in [1.165, 1.54) is 12.1 Å². The molecule has 0 spiro atoms. The van der Waals surface area contributed by atoms with E-state index in [-0.39, 0.29) is 46.5 Å². The molecule has 2 atom stereocenters. The highest BCUT2D eigenvalue weighted by Gasteiger charge is 2.33. The lowest BCUT2D eigenvalue weighted by Crippen LogP contribution is -2.48. The number of benzene rings is 1. The molecule has 8 nitrogen and oxygen atoms in total. The third-order valence-corrected chi connectivity index (χ3v) is 7.06. The Bertz CT molecular complexity index is 1240. The number of aryl methyl sites for hydroxylation is 1. The smallest absolute Gasteiger partial charge is 0.251 e. The second kappa shape index (κ2) is 11.3. The van der Waals surface area contributed by atoms with Crippen molar-refractivity contribution >= 4 is 29.1 Å². The van der Waals surface area contributed by atoms with Gasteiger partial charge >= 0.3 is 0 Å². The van der Waals surface area contributed by atoms with Crippen molar-refractivity contribution in [1.29, 1.82) is 0 Å². The summed E-state index contributed by atoms with van der Waals surface area (Å²) in [5, 5.41) is 5.66. The number of nitrogens with two attached hydrogens (primary N) is 1. The van der Waals surface area contributed by atoms with Gasteiger partial charge in [0.05, 0.1) is 11.6 Å². The average Bonchev–Trinajstić information content (AvgIpc) is 3.73. The number of carbonyl (C=O) groups excluding carboxylic acids is 3. The minimum Gasteiger partial charge on any atom is -0.376 e.